The van der Waals surface area contributed by atoms with Crippen molar-refractivity contribution in [1.29, 1.82) is 5.26 Å². The zero-order chi connectivity index (χ0) is 18.5. The normalized spacial score (nSPS) is 16.8. The lowest BCUT2D eigenvalue weighted by Crippen LogP contribution is -2.40. The third kappa shape index (κ3) is 3.99. The molecule has 6 heteroatoms. The van der Waals surface area contributed by atoms with Gasteiger partial charge in [-0.3, -0.25) is 4.79 Å². The average Bonchev–Trinajstić information content (AvgIpc) is 2.68. The van der Waals surface area contributed by atoms with E-state index in [2.05, 4.69) is 33.2 Å². The number of benzene rings is 1. The summed E-state index contributed by atoms with van der Waals surface area (Å²) in [6.45, 7) is 4.99. The van der Waals surface area contributed by atoms with E-state index >= 15 is 0 Å². The molecule has 1 aromatic heterocycles. The van der Waals surface area contributed by atoms with Gasteiger partial charge in [0.05, 0.1) is 11.6 Å². The summed E-state index contributed by atoms with van der Waals surface area (Å²) in [7, 11) is 0. The van der Waals surface area contributed by atoms with Crippen LogP contribution in [-0.4, -0.2) is 28.5 Å². The number of nitrogens with zero attached hydrogens (tertiary/aromatic N) is 4. The molecule has 134 valence electrons. The van der Waals surface area contributed by atoms with Crippen LogP contribution in [0.25, 0.3) is 0 Å². The van der Waals surface area contributed by atoms with Crippen LogP contribution in [0.15, 0.2) is 30.3 Å². The molecule has 1 unspecified atom stereocenters. The Bertz CT molecular complexity index is 825. The van der Waals surface area contributed by atoms with E-state index in [-0.39, 0.29) is 5.91 Å². The number of nitrogens with one attached hydrogen (secondary N) is 1. The van der Waals surface area contributed by atoms with Crippen molar-refractivity contribution < 1.29 is 4.79 Å². The molecule has 1 aliphatic rings. The highest BCUT2D eigenvalue weighted by molar-refractivity contribution is 6.03. The fourth-order valence-corrected chi connectivity index (χ4v) is 3.31. The number of rotatable bonds is 4. The van der Waals surface area contributed by atoms with E-state index < -0.39 is 0 Å². The van der Waals surface area contributed by atoms with Gasteiger partial charge in [-0.1, -0.05) is 6.92 Å². The topological polar surface area (TPSA) is 81.9 Å². The summed E-state index contributed by atoms with van der Waals surface area (Å²) in [5.41, 5.74) is 2.33. The Morgan fingerprint density at radius 1 is 1.31 bits per heavy atom. The van der Waals surface area contributed by atoms with Crippen molar-refractivity contribution in [3.8, 4) is 6.07 Å². The first-order chi connectivity index (χ1) is 12.6. The highest BCUT2D eigenvalue weighted by Gasteiger charge is 2.24. The second-order valence-corrected chi connectivity index (χ2v) is 6.59. The highest BCUT2D eigenvalue weighted by atomic mass is 16.1. The predicted molar refractivity (Wildman–Crippen MR) is 101 cm³/mol. The Balaban J connectivity index is 1.82. The maximum atomic E-state index is 12.6. The lowest BCUT2D eigenvalue weighted by atomic mass is 10.0. The van der Waals surface area contributed by atoms with Gasteiger partial charge in [0, 0.05) is 24.0 Å². The minimum atomic E-state index is -0.272. The number of hydrogen-bond acceptors (Lipinski definition) is 5. The molecule has 1 amide bonds. The molecule has 0 radical (unpaired) electrons. The van der Waals surface area contributed by atoms with Crippen LogP contribution in [0, 0.1) is 18.3 Å². The first-order valence-corrected chi connectivity index (χ1v) is 9.04. The first kappa shape index (κ1) is 17.9. The van der Waals surface area contributed by atoms with Crippen LogP contribution in [0.2, 0.25) is 0 Å². The van der Waals surface area contributed by atoms with Gasteiger partial charge in [-0.15, -0.1) is 0 Å². The molecule has 3 rings (SSSR count). The van der Waals surface area contributed by atoms with Crippen molar-refractivity contribution in [1.82, 2.24) is 9.97 Å². The molecule has 6 nitrogen and oxygen atoms in total. The number of hydrogen-bond donors (Lipinski definition) is 1. The highest BCUT2D eigenvalue weighted by Crippen LogP contribution is 2.24. The van der Waals surface area contributed by atoms with Crippen LogP contribution >= 0.6 is 0 Å². The summed E-state index contributed by atoms with van der Waals surface area (Å²) in [6, 6.07) is 11.0. The lowest BCUT2D eigenvalue weighted by Gasteiger charge is -2.35. The molecular formula is C20H23N5O. The minimum absolute atomic E-state index is 0.272. The minimum Gasteiger partial charge on any atom is -0.338 e. The molecule has 1 saturated heterocycles. The Morgan fingerprint density at radius 2 is 2.08 bits per heavy atom. The number of carbonyl (C=O) groups excluding carboxylic acids is 1. The summed E-state index contributed by atoms with van der Waals surface area (Å²) < 4.78 is 0. The van der Waals surface area contributed by atoms with Crippen LogP contribution in [-0.2, 0) is 0 Å². The molecule has 2 heterocycles. The molecule has 0 aliphatic carbocycles. The van der Waals surface area contributed by atoms with Gasteiger partial charge in [-0.25, -0.2) is 9.97 Å². The number of nitriles is 1. The number of aromatic nitrogens is 2. The second-order valence-electron chi connectivity index (χ2n) is 6.59. The van der Waals surface area contributed by atoms with Gasteiger partial charge < -0.3 is 10.2 Å². The lowest BCUT2D eigenvalue weighted by molar-refractivity contribution is 0.102. The monoisotopic (exact) mass is 349 g/mol. The fourth-order valence-electron chi connectivity index (χ4n) is 3.31. The van der Waals surface area contributed by atoms with E-state index in [4.69, 9.17) is 5.26 Å². The molecule has 0 spiro atoms. The third-order valence-electron chi connectivity index (χ3n) is 4.70. The summed E-state index contributed by atoms with van der Waals surface area (Å²) in [6.07, 6.45) is 4.54. The molecule has 26 heavy (non-hydrogen) atoms. The Hall–Kier alpha value is -2.94. The Morgan fingerprint density at radius 3 is 2.77 bits per heavy atom. The van der Waals surface area contributed by atoms with Gasteiger partial charge >= 0.3 is 0 Å². The molecule has 1 aromatic carbocycles. The van der Waals surface area contributed by atoms with E-state index in [1.54, 1.807) is 30.3 Å². The third-order valence-corrected chi connectivity index (χ3v) is 4.70. The summed E-state index contributed by atoms with van der Waals surface area (Å²) in [5.74, 6) is 0.369. The number of piperidine rings is 1. The van der Waals surface area contributed by atoms with Gasteiger partial charge in [0.25, 0.3) is 5.91 Å². The van der Waals surface area contributed by atoms with E-state index in [0.717, 1.165) is 31.5 Å². The second kappa shape index (κ2) is 7.96. The van der Waals surface area contributed by atoms with Crippen molar-refractivity contribution in [2.75, 3.05) is 16.8 Å². The van der Waals surface area contributed by atoms with Crippen molar-refractivity contribution in [3.63, 3.8) is 0 Å². The summed E-state index contributed by atoms with van der Waals surface area (Å²) in [4.78, 5) is 24.0. The van der Waals surface area contributed by atoms with Crippen molar-refractivity contribution in [2.24, 2.45) is 0 Å². The quantitative estimate of drug-likeness (QED) is 0.910. The molecule has 1 N–H and O–H groups in total. The molecule has 2 aromatic rings. The fraction of sp³-hybridized carbons (Fsp3) is 0.400. The first-order valence-electron chi connectivity index (χ1n) is 9.04. The molecule has 1 atom stereocenters. The van der Waals surface area contributed by atoms with E-state index in [0.29, 0.717) is 28.9 Å². The van der Waals surface area contributed by atoms with Crippen molar-refractivity contribution in [2.45, 2.75) is 45.6 Å². The maximum Gasteiger partial charge on any atom is 0.274 e. The van der Waals surface area contributed by atoms with E-state index in [1.807, 2.05) is 6.92 Å². The van der Waals surface area contributed by atoms with Gasteiger partial charge in [0.1, 0.15) is 5.69 Å². The smallest absolute Gasteiger partial charge is 0.274 e. The van der Waals surface area contributed by atoms with Crippen LogP contribution in [0.3, 0.4) is 0 Å². The standard InChI is InChI=1S/C20H23N5O/c1-3-17-6-4-5-11-25(17)20-22-14(2)12-18(24-20)19(26)23-16-9-7-15(13-21)8-10-16/h7-10,12,17H,3-6,11H2,1-2H3,(H,23,26). The molecule has 1 aliphatic heterocycles. The SMILES string of the molecule is CCC1CCCCN1c1nc(C)cc(C(=O)Nc2ccc(C#N)cc2)n1. The zero-order valence-corrected chi connectivity index (χ0v) is 15.2. The van der Waals surface area contributed by atoms with Crippen molar-refractivity contribution in [3.05, 3.63) is 47.3 Å². The van der Waals surface area contributed by atoms with Gasteiger partial charge in [0.15, 0.2) is 0 Å². The Kier molecular flexibility index (Phi) is 5.47. The zero-order valence-electron chi connectivity index (χ0n) is 15.2. The molecule has 1 fully saturated rings. The van der Waals surface area contributed by atoms with E-state index in [9.17, 15) is 4.79 Å². The molecular weight excluding hydrogens is 326 g/mol. The number of anilines is 2. The summed E-state index contributed by atoms with van der Waals surface area (Å²) >= 11 is 0. The molecule has 0 bridgehead atoms. The van der Waals surface area contributed by atoms with Gasteiger partial charge in [-0.05, 0) is 62.9 Å². The number of amides is 1. The van der Waals surface area contributed by atoms with Crippen LogP contribution in [0.1, 0.15) is 54.4 Å². The largest absolute Gasteiger partial charge is 0.338 e. The maximum absolute atomic E-state index is 12.6. The van der Waals surface area contributed by atoms with Crippen molar-refractivity contribution >= 4 is 17.5 Å². The van der Waals surface area contributed by atoms with Gasteiger partial charge in [-0.2, -0.15) is 5.26 Å². The van der Waals surface area contributed by atoms with Gasteiger partial charge in [0.2, 0.25) is 5.95 Å². The summed E-state index contributed by atoms with van der Waals surface area (Å²) in [5, 5.41) is 11.7. The Labute approximate surface area is 153 Å². The van der Waals surface area contributed by atoms with Crippen LogP contribution < -0.4 is 10.2 Å². The number of carbonyl (C=O) groups is 1. The predicted octanol–water partition coefficient (Wildman–Crippen LogP) is 3.68. The molecule has 0 saturated carbocycles. The number of aryl methyl sites for hydroxylation is 1. The van der Waals surface area contributed by atoms with Crippen LogP contribution in [0.4, 0.5) is 11.6 Å². The van der Waals surface area contributed by atoms with E-state index in [1.165, 1.54) is 6.42 Å². The van der Waals surface area contributed by atoms with Crippen LogP contribution in [0.5, 0.6) is 0 Å². The average molecular weight is 349 g/mol.